The van der Waals surface area contributed by atoms with Gasteiger partial charge in [0.1, 0.15) is 4.60 Å². The standard InChI is InChI=1S/C6H3BrF2IN/c7-5-4(6(8)9)1-3(10)2-11-5/h1-2,6H. The van der Waals surface area contributed by atoms with Crippen LogP contribution in [0.5, 0.6) is 0 Å². The monoisotopic (exact) mass is 333 g/mol. The topological polar surface area (TPSA) is 12.9 Å². The second-order valence-electron chi connectivity index (χ2n) is 1.83. The highest BCUT2D eigenvalue weighted by atomic mass is 127. The fourth-order valence-corrected chi connectivity index (χ4v) is 1.46. The number of halogens is 4. The molecule has 0 aliphatic carbocycles. The van der Waals surface area contributed by atoms with E-state index in [-0.39, 0.29) is 10.2 Å². The minimum absolute atomic E-state index is 0.0584. The summed E-state index contributed by atoms with van der Waals surface area (Å²) in [7, 11) is 0. The van der Waals surface area contributed by atoms with E-state index in [0.29, 0.717) is 3.57 Å². The summed E-state index contributed by atoms with van der Waals surface area (Å²) in [6, 6.07) is 1.41. The minimum Gasteiger partial charge on any atom is -0.248 e. The van der Waals surface area contributed by atoms with Crippen LogP contribution in [0.1, 0.15) is 12.0 Å². The van der Waals surface area contributed by atoms with E-state index in [9.17, 15) is 8.78 Å². The number of alkyl halides is 2. The fourth-order valence-electron chi connectivity index (χ4n) is 0.591. The lowest BCUT2D eigenvalue weighted by Gasteiger charge is -2.01. The van der Waals surface area contributed by atoms with E-state index in [1.807, 2.05) is 22.6 Å². The molecule has 0 spiro atoms. The van der Waals surface area contributed by atoms with Gasteiger partial charge in [-0.05, 0) is 44.6 Å². The lowest BCUT2D eigenvalue weighted by atomic mass is 10.3. The Morgan fingerprint density at radius 3 is 2.64 bits per heavy atom. The molecule has 5 heteroatoms. The van der Waals surface area contributed by atoms with Gasteiger partial charge in [0.05, 0.1) is 5.56 Å². The maximum Gasteiger partial charge on any atom is 0.266 e. The van der Waals surface area contributed by atoms with Gasteiger partial charge in [-0.25, -0.2) is 13.8 Å². The van der Waals surface area contributed by atoms with Gasteiger partial charge in [-0.2, -0.15) is 0 Å². The van der Waals surface area contributed by atoms with E-state index >= 15 is 0 Å². The molecule has 1 rings (SSSR count). The SMILES string of the molecule is FC(F)c1cc(I)cnc1Br. The van der Waals surface area contributed by atoms with Crippen molar-refractivity contribution in [1.82, 2.24) is 4.98 Å². The van der Waals surface area contributed by atoms with Crippen molar-refractivity contribution >= 4 is 38.5 Å². The Kier molecular flexibility index (Phi) is 3.17. The molecule has 0 aromatic carbocycles. The zero-order valence-electron chi connectivity index (χ0n) is 5.19. The highest BCUT2D eigenvalue weighted by Crippen LogP contribution is 2.26. The predicted octanol–water partition coefficient (Wildman–Crippen LogP) is 3.39. The molecule has 1 nitrogen and oxygen atoms in total. The van der Waals surface area contributed by atoms with E-state index in [0.717, 1.165) is 0 Å². The minimum atomic E-state index is -2.47. The first kappa shape index (κ1) is 9.31. The molecular formula is C6H3BrF2IN. The largest absolute Gasteiger partial charge is 0.266 e. The number of pyridine rings is 1. The van der Waals surface area contributed by atoms with Crippen molar-refractivity contribution in [2.75, 3.05) is 0 Å². The lowest BCUT2D eigenvalue weighted by molar-refractivity contribution is 0.150. The van der Waals surface area contributed by atoms with Crippen LogP contribution in [-0.4, -0.2) is 4.98 Å². The Morgan fingerprint density at radius 1 is 1.55 bits per heavy atom. The Bertz CT molecular complexity index is 267. The van der Waals surface area contributed by atoms with Gasteiger partial charge in [-0.15, -0.1) is 0 Å². The van der Waals surface area contributed by atoms with Crippen molar-refractivity contribution in [3.8, 4) is 0 Å². The maximum atomic E-state index is 12.1. The van der Waals surface area contributed by atoms with Crippen LogP contribution in [0.4, 0.5) is 8.78 Å². The van der Waals surface area contributed by atoms with Crippen LogP contribution >= 0.6 is 38.5 Å². The third-order valence-corrected chi connectivity index (χ3v) is 2.32. The van der Waals surface area contributed by atoms with Crippen molar-refractivity contribution in [2.45, 2.75) is 6.43 Å². The molecule has 1 aromatic rings. The van der Waals surface area contributed by atoms with Crippen molar-refractivity contribution in [3.63, 3.8) is 0 Å². The molecule has 0 saturated heterocycles. The van der Waals surface area contributed by atoms with Crippen LogP contribution in [-0.2, 0) is 0 Å². The molecule has 0 bridgehead atoms. The summed E-state index contributed by atoms with van der Waals surface area (Å²) in [4.78, 5) is 3.73. The molecule has 60 valence electrons. The highest BCUT2D eigenvalue weighted by molar-refractivity contribution is 14.1. The zero-order valence-corrected chi connectivity index (χ0v) is 8.93. The van der Waals surface area contributed by atoms with Crippen LogP contribution < -0.4 is 0 Å². The van der Waals surface area contributed by atoms with Crippen LogP contribution in [0.25, 0.3) is 0 Å². The quantitative estimate of drug-likeness (QED) is 0.567. The van der Waals surface area contributed by atoms with Gasteiger partial charge in [0.15, 0.2) is 0 Å². The second kappa shape index (κ2) is 3.75. The fraction of sp³-hybridized carbons (Fsp3) is 0.167. The summed E-state index contributed by atoms with van der Waals surface area (Å²) in [5.41, 5.74) is -0.0584. The zero-order chi connectivity index (χ0) is 8.43. The molecule has 0 unspecified atom stereocenters. The first-order chi connectivity index (χ1) is 5.11. The molecule has 0 N–H and O–H groups in total. The number of aromatic nitrogens is 1. The number of hydrogen-bond donors (Lipinski definition) is 0. The molecule has 0 fully saturated rings. The van der Waals surface area contributed by atoms with E-state index < -0.39 is 6.43 Å². The molecule has 11 heavy (non-hydrogen) atoms. The molecule has 1 aromatic heterocycles. The smallest absolute Gasteiger partial charge is 0.248 e. The van der Waals surface area contributed by atoms with Gasteiger partial charge in [0.2, 0.25) is 0 Å². The Labute approximate surface area is 84.5 Å². The van der Waals surface area contributed by atoms with Crippen LogP contribution in [0.3, 0.4) is 0 Å². The van der Waals surface area contributed by atoms with Gasteiger partial charge >= 0.3 is 0 Å². The van der Waals surface area contributed by atoms with E-state index in [4.69, 9.17) is 0 Å². The van der Waals surface area contributed by atoms with Crippen LogP contribution in [0.15, 0.2) is 16.9 Å². The number of hydrogen-bond acceptors (Lipinski definition) is 1. The first-order valence-electron chi connectivity index (χ1n) is 2.70. The van der Waals surface area contributed by atoms with Gasteiger partial charge in [0, 0.05) is 9.77 Å². The van der Waals surface area contributed by atoms with E-state index in [2.05, 4.69) is 20.9 Å². The Hall–Kier alpha value is 0.220. The summed E-state index contributed by atoms with van der Waals surface area (Å²) in [6.07, 6.45) is -0.942. The molecule has 0 radical (unpaired) electrons. The molecule has 1 heterocycles. The predicted molar refractivity (Wildman–Crippen MR) is 49.6 cm³/mol. The molecular weight excluding hydrogens is 331 g/mol. The second-order valence-corrected chi connectivity index (χ2v) is 3.83. The average molecular weight is 334 g/mol. The number of nitrogens with zero attached hydrogens (tertiary/aromatic N) is 1. The lowest BCUT2D eigenvalue weighted by Crippen LogP contribution is -1.90. The first-order valence-corrected chi connectivity index (χ1v) is 4.57. The summed E-state index contributed by atoms with van der Waals surface area (Å²) >= 11 is 4.88. The van der Waals surface area contributed by atoms with Crippen molar-refractivity contribution in [1.29, 1.82) is 0 Å². The summed E-state index contributed by atoms with van der Waals surface area (Å²) < 4.78 is 25.2. The van der Waals surface area contributed by atoms with E-state index in [1.54, 1.807) is 0 Å². The molecule has 0 aliphatic rings. The normalized spacial score (nSPS) is 10.6. The van der Waals surface area contributed by atoms with Gasteiger partial charge in [0.25, 0.3) is 6.43 Å². The summed E-state index contributed by atoms with van der Waals surface area (Å²) in [5, 5.41) is 0. The molecule has 0 saturated carbocycles. The van der Waals surface area contributed by atoms with Gasteiger partial charge in [-0.1, -0.05) is 0 Å². The van der Waals surface area contributed by atoms with Crippen LogP contribution in [0.2, 0.25) is 0 Å². The molecule has 0 aliphatic heterocycles. The third-order valence-electron chi connectivity index (χ3n) is 1.07. The van der Waals surface area contributed by atoms with Crippen LogP contribution in [0, 0.1) is 3.57 Å². The third kappa shape index (κ3) is 2.33. The maximum absolute atomic E-state index is 12.1. The Morgan fingerprint density at radius 2 is 2.18 bits per heavy atom. The van der Waals surface area contributed by atoms with Gasteiger partial charge < -0.3 is 0 Å². The Balaban J connectivity index is 3.13. The molecule has 0 atom stereocenters. The van der Waals surface area contributed by atoms with E-state index in [1.165, 1.54) is 12.3 Å². The highest BCUT2D eigenvalue weighted by Gasteiger charge is 2.12. The van der Waals surface area contributed by atoms with Gasteiger partial charge in [-0.3, -0.25) is 0 Å². The summed E-state index contributed by atoms with van der Waals surface area (Å²) in [6.45, 7) is 0. The molecule has 0 amide bonds. The van der Waals surface area contributed by atoms with Crippen molar-refractivity contribution in [2.24, 2.45) is 0 Å². The average Bonchev–Trinajstić information content (AvgIpc) is 1.94. The summed E-state index contributed by atoms with van der Waals surface area (Å²) in [5.74, 6) is 0. The number of rotatable bonds is 1. The van der Waals surface area contributed by atoms with Crippen molar-refractivity contribution < 1.29 is 8.78 Å². The van der Waals surface area contributed by atoms with Crippen molar-refractivity contribution in [3.05, 3.63) is 26.0 Å².